The number of carbonyl (C=O) groups excluding carboxylic acids is 3. The molecule has 0 aromatic carbocycles. The molecule has 1 saturated carbocycles. The van der Waals surface area contributed by atoms with E-state index in [4.69, 9.17) is 0 Å². The second kappa shape index (κ2) is 7.55. The monoisotopic (exact) mass is 329 g/mol. The number of Topliss-reactive ketones (excluding diaryl/α,β-unsaturated/α-hetero) is 1. The summed E-state index contributed by atoms with van der Waals surface area (Å²) in [4.78, 5) is 42.9. The molecule has 6 nitrogen and oxygen atoms in total. The molecule has 2 fully saturated rings. The first-order valence-electron chi connectivity index (χ1n) is 8.73. The van der Waals surface area contributed by atoms with Crippen molar-refractivity contribution in [2.75, 3.05) is 6.54 Å². The minimum atomic E-state index is -0.664. The Bertz CT molecular complexity index is 611. The van der Waals surface area contributed by atoms with E-state index in [9.17, 15) is 14.4 Å². The van der Waals surface area contributed by atoms with Crippen molar-refractivity contribution in [3.63, 3.8) is 0 Å². The number of hydrogen-bond donors (Lipinski definition) is 1. The Hall–Kier alpha value is -2.24. The van der Waals surface area contributed by atoms with Crippen molar-refractivity contribution in [1.29, 1.82) is 0 Å². The largest absolute Gasteiger partial charge is 0.347 e. The Morgan fingerprint density at radius 2 is 1.83 bits per heavy atom. The van der Waals surface area contributed by atoms with E-state index < -0.39 is 17.7 Å². The van der Waals surface area contributed by atoms with Gasteiger partial charge in [0.1, 0.15) is 11.7 Å². The van der Waals surface area contributed by atoms with Gasteiger partial charge in [0.2, 0.25) is 5.78 Å². The maximum Gasteiger partial charge on any atom is 0.289 e. The SMILES string of the molecule is O=C(NC1CCCCC1)C(=O)[C@@H]1CCCN1C(=O)c1ccccn1. The normalized spacial score (nSPS) is 21.5. The van der Waals surface area contributed by atoms with Crippen LogP contribution in [0.2, 0.25) is 0 Å². The van der Waals surface area contributed by atoms with Crippen LogP contribution >= 0.6 is 0 Å². The van der Waals surface area contributed by atoms with E-state index in [1.54, 1.807) is 24.4 Å². The van der Waals surface area contributed by atoms with Crippen LogP contribution in [-0.2, 0) is 9.59 Å². The van der Waals surface area contributed by atoms with Gasteiger partial charge in [-0.3, -0.25) is 19.4 Å². The lowest BCUT2D eigenvalue weighted by atomic mass is 9.95. The van der Waals surface area contributed by atoms with Gasteiger partial charge in [-0.25, -0.2) is 0 Å². The highest BCUT2D eigenvalue weighted by atomic mass is 16.2. The van der Waals surface area contributed by atoms with Gasteiger partial charge >= 0.3 is 0 Å². The predicted octanol–water partition coefficient (Wildman–Crippen LogP) is 1.70. The minimum Gasteiger partial charge on any atom is -0.347 e. The first kappa shape index (κ1) is 16.6. The summed E-state index contributed by atoms with van der Waals surface area (Å²) in [5.41, 5.74) is 0.310. The summed E-state index contributed by atoms with van der Waals surface area (Å²) < 4.78 is 0. The van der Waals surface area contributed by atoms with E-state index in [0.29, 0.717) is 18.7 Å². The molecule has 1 aromatic rings. The zero-order valence-electron chi connectivity index (χ0n) is 13.7. The van der Waals surface area contributed by atoms with Gasteiger partial charge in [-0.15, -0.1) is 0 Å². The lowest BCUT2D eigenvalue weighted by molar-refractivity contribution is -0.140. The van der Waals surface area contributed by atoms with E-state index >= 15 is 0 Å². The second-order valence-corrected chi connectivity index (χ2v) is 6.54. The number of amides is 2. The van der Waals surface area contributed by atoms with Crippen LogP contribution in [0.4, 0.5) is 0 Å². The molecule has 3 rings (SSSR count). The average molecular weight is 329 g/mol. The molecule has 128 valence electrons. The zero-order valence-corrected chi connectivity index (χ0v) is 13.7. The Morgan fingerprint density at radius 1 is 1.04 bits per heavy atom. The molecule has 0 radical (unpaired) electrons. The minimum absolute atomic E-state index is 0.0940. The van der Waals surface area contributed by atoms with Gasteiger partial charge < -0.3 is 10.2 Å². The molecule has 1 atom stereocenters. The fourth-order valence-corrected chi connectivity index (χ4v) is 3.57. The topological polar surface area (TPSA) is 79.4 Å². The fraction of sp³-hybridized carbons (Fsp3) is 0.556. The van der Waals surface area contributed by atoms with Crippen LogP contribution in [0.5, 0.6) is 0 Å². The quantitative estimate of drug-likeness (QED) is 0.853. The maximum absolute atomic E-state index is 12.6. The number of ketones is 1. The van der Waals surface area contributed by atoms with Crippen molar-refractivity contribution >= 4 is 17.6 Å². The van der Waals surface area contributed by atoms with Crippen molar-refractivity contribution in [1.82, 2.24) is 15.2 Å². The van der Waals surface area contributed by atoms with Gasteiger partial charge in [0, 0.05) is 18.8 Å². The van der Waals surface area contributed by atoms with Gasteiger partial charge in [-0.2, -0.15) is 0 Å². The number of carbonyl (C=O) groups is 3. The highest BCUT2D eigenvalue weighted by Gasteiger charge is 2.38. The Morgan fingerprint density at radius 3 is 2.54 bits per heavy atom. The van der Waals surface area contributed by atoms with Crippen LogP contribution in [0.15, 0.2) is 24.4 Å². The standard InChI is InChI=1S/C18H23N3O3/c22-16(17(23)20-13-7-2-1-3-8-13)15-10-6-12-21(15)18(24)14-9-4-5-11-19-14/h4-5,9,11,13,15H,1-3,6-8,10,12H2,(H,20,23)/t15-/m0/s1. The van der Waals surface area contributed by atoms with Crippen LogP contribution in [0.1, 0.15) is 55.4 Å². The molecule has 0 unspecified atom stereocenters. The van der Waals surface area contributed by atoms with E-state index in [2.05, 4.69) is 10.3 Å². The van der Waals surface area contributed by atoms with E-state index in [-0.39, 0.29) is 11.9 Å². The third-order valence-corrected chi connectivity index (χ3v) is 4.86. The van der Waals surface area contributed by atoms with Gasteiger partial charge in [0.15, 0.2) is 0 Å². The number of nitrogens with one attached hydrogen (secondary N) is 1. The fourth-order valence-electron chi connectivity index (χ4n) is 3.57. The van der Waals surface area contributed by atoms with Crippen molar-refractivity contribution < 1.29 is 14.4 Å². The van der Waals surface area contributed by atoms with E-state index in [1.165, 1.54) is 11.3 Å². The van der Waals surface area contributed by atoms with E-state index in [1.807, 2.05) is 0 Å². The molecule has 1 aromatic heterocycles. The Balaban J connectivity index is 1.64. The number of nitrogens with zero attached hydrogens (tertiary/aromatic N) is 2. The van der Waals surface area contributed by atoms with Gasteiger partial charge in [-0.05, 0) is 37.8 Å². The van der Waals surface area contributed by atoms with Crippen molar-refractivity contribution in [2.24, 2.45) is 0 Å². The molecule has 1 aliphatic carbocycles. The molecule has 2 heterocycles. The molecular formula is C18H23N3O3. The van der Waals surface area contributed by atoms with Crippen LogP contribution in [0.25, 0.3) is 0 Å². The van der Waals surface area contributed by atoms with Crippen molar-refractivity contribution in [3.05, 3.63) is 30.1 Å². The summed E-state index contributed by atoms with van der Waals surface area (Å²) in [7, 11) is 0. The number of aromatic nitrogens is 1. The molecule has 1 N–H and O–H groups in total. The maximum atomic E-state index is 12.6. The van der Waals surface area contributed by atoms with Crippen LogP contribution in [0.3, 0.4) is 0 Å². The molecule has 0 spiro atoms. The zero-order chi connectivity index (χ0) is 16.9. The lowest BCUT2D eigenvalue weighted by Crippen LogP contribution is -2.49. The average Bonchev–Trinajstić information content (AvgIpc) is 3.11. The highest BCUT2D eigenvalue weighted by Crippen LogP contribution is 2.21. The molecule has 2 aliphatic rings. The lowest BCUT2D eigenvalue weighted by Gasteiger charge is -2.25. The third kappa shape index (κ3) is 3.63. The molecule has 1 saturated heterocycles. The summed E-state index contributed by atoms with van der Waals surface area (Å²) in [5.74, 6) is -1.33. The van der Waals surface area contributed by atoms with Crippen LogP contribution in [-0.4, -0.2) is 46.1 Å². The highest BCUT2D eigenvalue weighted by molar-refractivity contribution is 6.38. The van der Waals surface area contributed by atoms with Gasteiger partial charge in [0.05, 0.1) is 0 Å². The molecular weight excluding hydrogens is 306 g/mol. The summed E-state index contributed by atoms with van der Waals surface area (Å²) >= 11 is 0. The van der Waals surface area contributed by atoms with Crippen molar-refractivity contribution in [3.8, 4) is 0 Å². The van der Waals surface area contributed by atoms with Crippen LogP contribution in [0, 0.1) is 0 Å². The number of hydrogen-bond acceptors (Lipinski definition) is 4. The summed E-state index contributed by atoms with van der Waals surface area (Å²) in [6.45, 7) is 0.489. The molecule has 6 heteroatoms. The molecule has 24 heavy (non-hydrogen) atoms. The van der Waals surface area contributed by atoms with Crippen LogP contribution < -0.4 is 5.32 Å². The Labute approximate surface area is 141 Å². The smallest absolute Gasteiger partial charge is 0.289 e. The summed E-state index contributed by atoms with van der Waals surface area (Å²) in [6.07, 6.45) is 8.05. The summed E-state index contributed by atoms with van der Waals surface area (Å²) in [6, 6.07) is 4.54. The van der Waals surface area contributed by atoms with E-state index in [0.717, 1.165) is 32.1 Å². The van der Waals surface area contributed by atoms with Gasteiger partial charge in [-0.1, -0.05) is 25.3 Å². The van der Waals surface area contributed by atoms with Gasteiger partial charge in [0.25, 0.3) is 11.8 Å². The predicted molar refractivity (Wildman–Crippen MR) is 88.3 cm³/mol. The Kier molecular flexibility index (Phi) is 5.23. The number of pyridine rings is 1. The molecule has 2 amide bonds. The first-order valence-corrected chi connectivity index (χ1v) is 8.73. The number of likely N-dealkylation sites (tertiary alicyclic amines) is 1. The molecule has 0 bridgehead atoms. The van der Waals surface area contributed by atoms with Crippen molar-refractivity contribution in [2.45, 2.75) is 57.0 Å². The third-order valence-electron chi connectivity index (χ3n) is 4.86. The first-order chi connectivity index (χ1) is 11.7. The summed E-state index contributed by atoms with van der Waals surface area (Å²) in [5, 5.41) is 2.85. The second-order valence-electron chi connectivity index (χ2n) is 6.54. The number of rotatable bonds is 4. The molecule has 1 aliphatic heterocycles.